The molecule has 223 valence electrons. The van der Waals surface area contributed by atoms with E-state index in [4.69, 9.17) is 0 Å². The first-order valence-electron chi connectivity index (χ1n) is 14.9. The molecule has 4 heterocycles. The molecule has 0 fully saturated rings. The average Bonchev–Trinajstić information content (AvgIpc) is 3.56. The molecule has 1 radical (unpaired) electrons. The van der Waals surface area contributed by atoms with Crippen molar-refractivity contribution in [2.24, 2.45) is 0 Å². The van der Waals surface area contributed by atoms with Crippen molar-refractivity contribution >= 4 is 45.0 Å². The molecule has 0 N–H and O–H groups in total. The van der Waals surface area contributed by atoms with Crippen molar-refractivity contribution in [3.63, 3.8) is 0 Å². The molecule has 0 atom stereocenters. The van der Waals surface area contributed by atoms with E-state index in [1.165, 1.54) is 38.7 Å². The molecular weight excluding hydrogens is 719 g/mol. The van der Waals surface area contributed by atoms with Gasteiger partial charge in [0, 0.05) is 50.7 Å². The van der Waals surface area contributed by atoms with Crippen molar-refractivity contribution in [2.75, 3.05) is 0 Å². The summed E-state index contributed by atoms with van der Waals surface area (Å²) in [6.07, 6.45) is 3.78. The van der Waals surface area contributed by atoms with Crippen LogP contribution in [0.4, 0.5) is 17.1 Å². The SMILES string of the molecule is CC(C)n1c2cc([N+]3=C=[N+](C(C)C)c4ccccc43)[c-]cc2c2cccnc21.Cc1c[c-]c(-c2cc(C)c(C)cn2)cc1.[Ir]. The molecule has 0 unspecified atom stereocenters. The predicted molar refractivity (Wildman–Crippen MR) is 177 cm³/mol. The van der Waals surface area contributed by atoms with Gasteiger partial charge < -0.3 is 9.55 Å². The van der Waals surface area contributed by atoms with Gasteiger partial charge in [0.15, 0.2) is 6.04 Å². The third-order valence-electron chi connectivity index (χ3n) is 7.96. The molecule has 7 rings (SSSR count). The molecule has 5 nitrogen and oxygen atoms in total. The van der Waals surface area contributed by atoms with Crippen LogP contribution in [-0.2, 0) is 20.1 Å². The Morgan fingerprint density at radius 1 is 0.795 bits per heavy atom. The number of aromatic nitrogens is 3. The second-order valence-corrected chi connectivity index (χ2v) is 11.8. The van der Waals surface area contributed by atoms with E-state index < -0.39 is 0 Å². The first kappa shape index (κ1) is 31.2. The van der Waals surface area contributed by atoms with Crippen LogP contribution in [0, 0.1) is 32.9 Å². The van der Waals surface area contributed by atoms with Crippen LogP contribution in [0.1, 0.15) is 50.4 Å². The monoisotopic (exact) mass is 756 g/mol. The molecule has 3 aromatic carbocycles. The first-order valence-corrected chi connectivity index (χ1v) is 14.9. The van der Waals surface area contributed by atoms with E-state index in [9.17, 15) is 0 Å². The Bertz CT molecular complexity index is 2040. The molecule has 0 aliphatic carbocycles. The molecule has 0 amide bonds. The minimum Gasteiger partial charge on any atom is -0.347 e. The van der Waals surface area contributed by atoms with Gasteiger partial charge in [0.05, 0.1) is 0 Å². The summed E-state index contributed by atoms with van der Waals surface area (Å²) in [7, 11) is 0. The van der Waals surface area contributed by atoms with Crippen LogP contribution in [0.2, 0.25) is 0 Å². The third kappa shape index (κ3) is 5.81. The fourth-order valence-corrected chi connectivity index (χ4v) is 5.53. The summed E-state index contributed by atoms with van der Waals surface area (Å²) < 4.78 is 6.61. The Labute approximate surface area is 273 Å². The molecule has 6 heteroatoms. The van der Waals surface area contributed by atoms with E-state index in [1.54, 1.807) is 0 Å². The first-order chi connectivity index (χ1) is 20.7. The predicted octanol–water partition coefficient (Wildman–Crippen LogP) is 9.12. The molecule has 44 heavy (non-hydrogen) atoms. The van der Waals surface area contributed by atoms with Gasteiger partial charge in [0.2, 0.25) is 0 Å². The molecule has 6 aromatic rings. The molecule has 0 spiro atoms. The number of hydrogen-bond donors (Lipinski definition) is 0. The summed E-state index contributed by atoms with van der Waals surface area (Å²) in [5.41, 5.74) is 11.3. The quantitative estimate of drug-likeness (QED) is 0.133. The van der Waals surface area contributed by atoms with Gasteiger partial charge in [-0.15, -0.1) is 46.8 Å². The van der Waals surface area contributed by atoms with E-state index in [2.05, 4.69) is 151 Å². The van der Waals surface area contributed by atoms with Gasteiger partial charge in [-0.1, -0.05) is 57.5 Å². The Balaban J connectivity index is 0.000000204. The van der Waals surface area contributed by atoms with Gasteiger partial charge in [-0.2, -0.15) is 6.07 Å². The normalized spacial score (nSPS) is 12.1. The average molecular weight is 756 g/mol. The number of fused-ring (bicyclic) bond motifs is 4. The fourth-order valence-electron chi connectivity index (χ4n) is 5.53. The molecule has 1 aliphatic rings. The third-order valence-corrected chi connectivity index (χ3v) is 7.96. The summed E-state index contributed by atoms with van der Waals surface area (Å²) in [6.45, 7) is 15.0. The van der Waals surface area contributed by atoms with Crippen molar-refractivity contribution < 1.29 is 24.7 Å². The van der Waals surface area contributed by atoms with Crippen molar-refractivity contribution in [3.8, 4) is 11.3 Å². The van der Waals surface area contributed by atoms with Crippen LogP contribution in [0.25, 0.3) is 33.2 Å². The Morgan fingerprint density at radius 2 is 1.57 bits per heavy atom. The smallest absolute Gasteiger partial charge is 0.347 e. The minimum atomic E-state index is 0. The van der Waals surface area contributed by atoms with Crippen molar-refractivity contribution in [2.45, 2.75) is 60.5 Å². The van der Waals surface area contributed by atoms with Crippen LogP contribution < -0.4 is 4.58 Å². The second kappa shape index (κ2) is 12.8. The largest absolute Gasteiger partial charge is 0.494 e. The van der Waals surface area contributed by atoms with Gasteiger partial charge in [0.25, 0.3) is 11.4 Å². The number of hydrogen-bond acceptors (Lipinski definition) is 2. The summed E-state index contributed by atoms with van der Waals surface area (Å²) in [5, 5.41) is 2.36. The van der Waals surface area contributed by atoms with Crippen molar-refractivity contribution in [1.82, 2.24) is 19.1 Å². The second-order valence-electron chi connectivity index (χ2n) is 11.8. The van der Waals surface area contributed by atoms with Gasteiger partial charge in [-0.05, 0) is 64.3 Å². The molecule has 3 aromatic heterocycles. The number of nitrogens with zero attached hydrogens (tertiary/aromatic N) is 5. The van der Waals surface area contributed by atoms with Crippen molar-refractivity contribution in [3.05, 3.63) is 114 Å². The summed E-state index contributed by atoms with van der Waals surface area (Å²) in [6, 6.07) is 36.0. The Morgan fingerprint density at radius 3 is 2.25 bits per heavy atom. The van der Waals surface area contributed by atoms with E-state index in [0.717, 1.165) is 28.3 Å². The van der Waals surface area contributed by atoms with Crippen LogP contribution in [0.5, 0.6) is 0 Å². The molecule has 0 saturated heterocycles. The maximum Gasteiger partial charge on any atom is 0.494 e. The van der Waals surface area contributed by atoms with Crippen molar-refractivity contribution in [1.29, 1.82) is 0 Å². The maximum absolute atomic E-state index is 4.65. The van der Waals surface area contributed by atoms with E-state index >= 15 is 0 Å². The van der Waals surface area contributed by atoms with E-state index in [1.807, 2.05) is 24.5 Å². The summed E-state index contributed by atoms with van der Waals surface area (Å²) >= 11 is 0. The molecule has 0 bridgehead atoms. The number of benzene rings is 3. The fraction of sp³-hybridized carbons (Fsp3) is 0.237. The zero-order valence-electron chi connectivity index (χ0n) is 26.3. The zero-order chi connectivity index (χ0) is 30.2. The Hall–Kier alpha value is -4.21. The van der Waals surface area contributed by atoms with Gasteiger partial charge >= 0.3 is 6.01 Å². The van der Waals surface area contributed by atoms with Gasteiger partial charge in [-0.25, -0.2) is 4.98 Å². The standard InChI is InChI=1S/C24H23N4.C14H14N.Ir/c1-16(2)26-15-27(22-10-6-5-9-21(22)26)18-11-12-19-20-8-7-13-25-24(20)28(17(3)4)23(19)14-18;1-10-4-6-13(7-5-10)14-8-11(2)12(3)9-15-14;/h5-10,12-14,16-17H,1-4H3;4-6,8-9H,1-3H3;/q+1;-1;. The topological polar surface area (TPSA) is 36.7 Å². The summed E-state index contributed by atoms with van der Waals surface area (Å²) in [4.78, 5) is 9.06. The minimum absolute atomic E-state index is 0. The van der Waals surface area contributed by atoms with Gasteiger partial charge in [0.1, 0.15) is 11.3 Å². The Kier molecular flexibility index (Phi) is 9.08. The van der Waals surface area contributed by atoms with E-state index in [0.29, 0.717) is 12.1 Å². The molecule has 0 saturated carbocycles. The molecular formula is C38H37IrN5. The summed E-state index contributed by atoms with van der Waals surface area (Å²) in [5.74, 6) is 0. The van der Waals surface area contributed by atoms with Crippen LogP contribution in [0.15, 0.2) is 85.2 Å². The number of rotatable bonds is 4. The zero-order valence-corrected chi connectivity index (χ0v) is 28.7. The molecule has 1 aliphatic heterocycles. The van der Waals surface area contributed by atoms with Crippen LogP contribution in [-0.4, -0.2) is 31.2 Å². The van der Waals surface area contributed by atoms with Gasteiger partial charge in [-0.3, -0.25) is 0 Å². The maximum atomic E-state index is 4.65. The number of para-hydroxylation sites is 2. The van der Waals surface area contributed by atoms with Crippen LogP contribution in [0.3, 0.4) is 0 Å². The number of aryl methyl sites for hydroxylation is 3. The van der Waals surface area contributed by atoms with E-state index in [-0.39, 0.29) is 20.1 Å². The van der Waals surface area contributed by atoms with Crippen LogP contribution >= 0.6 is 0 Å². The number of pyridine rings is 2.